The lowest BCUT2D eigenvalue weighted by molar-refractivity contribution is 0.395. The monoisotopic (exact) mass is 362 g/mol. The third-order valence-corrected chi connectivity index (χ3v) is 5.52. The second-order valence-corrected chi connectivity index (χ2v) is 7.77. The second-order valence-electron chi connectivity index (χ2n) is 4.95. The van der Waals surface area contributed by atoms with Crippen LogP contribution in [0.1, 0.15) is 26.2 Å². The smallest absolute Gasteiger partial charge is 0.246 e. The minimum Gasteiger partial charge on any atom is -0.307 e. The standard InChI is InChI=1S/C12H19BrN4O2S/c1-2-5-17(8-9-3-4-9)20(18,19)11-6-10(13)7-15-12(11)16-14/h6-7,9H,2-5,8,14H2,1H3,(H,15,16). The summed E-state index contributed by atoms with van der Waals surface area (Å²) in [4.78, 5) is 4.13. The summed E-state index contributed by atoms with van der Waals surface area (Å²) in [5.74, 6) is 6.04. The molecule has 0 aromatic carbocycles. The fourth-order valence-electron chi connectivity index (χ4n) is 2.01. The maximum atomic E-state index is 12.8. The van der Waals surface area contributed by atoms with Crippen molar-refractivity contribution in [3.63, 3.8) is 0 Å². The van der Waals surface area contributed by atoms with E-state index in [9.17, 15) is 8.42 Å². The van der Waals surface area contributed by atoms with Gasteiger partial charge in [0.15, 0.2) is 5.82 Å². The van der Waals surface area contributed by atoms with E-state index in [0.29, 0.717) is 23.5 Å². The first-order chi connectivity index (χ1) is 9.48. The highest BCUT2D eigenvalue weighted by atomic mass is 79.9. The molecule has 2 rings (SSSR count). The number of hydrogen-bond donors (Lipinski definition) is 2. The highest BCUT2D eigenvalue weighted by Gasteiger charge is 2.32. The molecule has 6 nitrogen and oxygen atoms in total. The Kier molecular flexibility index (Phi) is 5.00. The maximum Gasteiger partial charge on any atom is 0.246 e. The van der Waals surface area contributed by atoms with Crippen LogP contribution in [0.3, 0.4) is 0 Å². The number of nitrogens with one attached hydrogen (secondary N) is 1. The molecule has 0 saturated heterocycles. The Morgan fingerprint density at radius 1 is 1.55 bits per heavy atom. The van der Waals surface area contributed by atoms with Crippen LogP contribution < -0.4 is 11.3 Å². The van der Waals surface area contributed by atoms with Gasteiger partial charge in [-0.05, 0) is 47.2 Å². The van der Waals surface area contributed by atoms with E-state index in [4.69, 9.17) is 5.84 Å². The highest BCUT2D eigenvalue weighted by Crippen LogP contribution is 2.33. The van der Waals surface area contributed by atoms with Gasteiger partial charge in [0.2, 0.25) is 10.0 Å². The summed E-state index contributed by atoms with van der Waals surface area (Å²) < 4.78 is 27.7. The van der Waals surface area contributed by atoms with Crippen molar-refractivity contribution in [2.45, 2.75) is 31.1 Å². The van der Waals surface area contributed by atoms with Gasteiger partial charge in [-0.25, -0.2) is 19.2 Å². The van der Waals surface area contributed by atoms with Crippen molar-refractivity contribution in [3.8, 4) is 0 Å². The second kappa shape index (κ2) is 6.38. The number of anilines is 1. The lowest BCUT2D eigenvalue weighted by Crippen LogP contribution is -2.34. The summed E-state index contributed by atoms with van der Waals surface area (Å²) in [6.45, 7) is 3.05. The first-order valence-electron chi connectivity index (χ1n) is 6.61. The molecule has 1 aliphatic carbocycles. The zero-order valence-corrected chi connectivity index (χ0v) is 13.7. The van der Waals surface area contributed by atoms with Gasteiger partial charge in [0.1, 0.15) is 4.90 Å². The molecule has 0 amide bonds. The van der Waals surface area contributed by atoms with Crippen molar-refractivity contribution >= 4 is 31.8 Å². The van der Waals surface area contributed by atoms with Gasteiger partial charge < -0.3 is 5.43 Å². The van der Waals surface area contributed by atoms with Crippen LogP contribution in [0.15, 0.2) is 21.6 Å². The molecule has 8 heteroatoms. The summed E-state index contributed by atoms with van der Waals surface area (Å²) in [7, 11) is -3.59. The lowest BCUT2D eigenvalue weighted by atomic mass is 10.4. The van der Waals surface area contributed by atoms with Gasteiger partial charge >= 0.3 is 0 Å². The average molecular weight is 363 g/mol. The van der Waals surface area contributed by atoms with Crippen LogP contribution in [-0.4, -0.2) is 30.8 Å². The zero-order valence-electron chi connectivity index (χ0n) is 11.3. The van der Waals surface area contributed by atoms with E-state index >= 15 is 0 Å². The molecule has 1 fully saturated rings. The summed E-state index contributed by atoms with van der Waals surface area (Å²) in [5.41, 5.74) is 2.36. The third-order valence-electron chi connectivity index (χ3n) is 3.21. The SMILES string of the molecule is CCCN(CC1CC1)S(=O)(=O)c1cc(Br)cnc1NN. The molecule has 1 aromatic heterocycles. The summed E-state index contributed by atoms with van der Waals surface area (Å²) in [6.07, 6.45) is 4.50. The average Bonchev–Trinajstić information content (AvgIpc) is 3.22. The first-order valence-corrected chi connectivity index (χ1v) is 8.84. The zero-order chi connectivity index (χ0) is 14.8. The van der Waals surface area contributed by atoms with Gasteiger partial charge in [0.05, 0.1) is 0 Å². The summed E-state index contributed by atoms with van der Waals surface area (Å²) in [6, 6.07) is 1.53. The van der Waals surface area contributed by atoms with Crippen molar-refractivity contribution in [2.75, 3.05) is 18.5 Å². The molecule has 1 heterocycles. The summed E-state index contributed by atoms with van der Waals surface area (Å²) in [5, 5.41) is 0. The Balaban J connectivity index is 2.37. The predicted octanol–water partition coefficient (Wildman–Crippen LogP) is 1.94. The number of pyridine rings is 1. The van der Waals surface area contributed by atoms with E-state index < -0.39 is 10.0 Å². The van der Waals surface area contributed by atoms with E-state index in [0.717, 1.165) is 19.3 Å². The first kappa shape index (κ1) is 15.7. The molecule has 112 valence electrons. The molecule has 0 radical (unpaired) electrons. The molecule has 1 aliphatic rings. The van der Waals surface area contributed by atoms with Crippen LogP contribution >= 0.6 is 15.9 Å². The fraction of sp³-hybridized carbons (Fsp3) is 0.583. The van der Waals surface area contributed by atoms with Crippen LogP contribution in [0.4, 0.5) is 5.82 Å². The van der Waals surface area contributed by atoms with Crippen molar-refractivity contribution in [2.24, 2.45) is 11.8 Å². The van der Waals surface area contributed by atoms with Gasteiger partial charge in [0, 0.05) is 23.8 Å². The molecular formula is C12H19BrN4O2S. The van der Waals surface area contributed by atoms with E-state index in [1.807, 2.05) is 6.92 Å². The van der Waals surface area contributed by atoms with E-state index in [1.54, 1.807) is 0 Å². The van der Waals surface area contributed by atoms with E-state index in [-0.39, 0.29) is 10.7 Å². The predicted molar refractivity (Wildman–Crippen MR) is 81.5 cm³/mol. The van der Waals surface area contributed by atoms with Crippen LogP contribution in [-0.2, 0) is 10.0 Å². The van der Waals surface area contributed by atoms with Crippen molar-refractivity contribution in [1.82, 2.24) is 9.29 Å². The van der Waals surface area contributed by atoms with Gasteiger partial charge in [0.25, 0.3) is 0 Å². The topological polar surface area (TPSA) is 88.3 Å². The van der Waals surface area contributed by atoms with Crippen LogP contribution in [0.25, 0.3) is 0 Å². The molecule has 1 saturated carbocycles. The van der Waals surface area contributed by atoms with Gasteiger partial charge in [-0.3, -0.25) is 0 Å². The Morgan fingerprint density at radius 2 is 2.25 bits per heavy atom. The Morgan fingerprint density at radius 3 is 2.80 bits per heavy atom. The van der Waals surface area contributed by atoms with Crippen molar-refractivity contribution in [3.05, 3.63) is 16.7 Å². The van der Waals surface area contributed by atoms with E-state index in [1.165, 1.54) is 16.6 Å². The number of hydrogen-bond acceptors (Lipinski definition) is 5. The van der Waals surface area contributed by atoms with Crippen LogP contribution in [0, 0.1) is 5.92 Å². The lowest BCUT2D eigenvalue weighted by Gasteiger charge is -2.22. The Hall–Kier alpha value is -0.700. The van der Waals surface area contributed by atoms with Crippen LogP contribution in [0.5, 0.6) is 0 Å². The Labute approximate surface area is 127 Å². The fourth-order valence-corrected chi connectivity index (χ4v) is 4.24. The molecule has 20 heavy (non-hydrogen) atoms. The minimum absolute atomic E-state index is 0.114. The number of halogens is 1. The van der Waals surface area contributed by atoms with Crippen molar-refractivity contribution < 1.29 is 8.42 Å². The van der Waals surface area contributed by atoms with Gasteiger partial charge in [-0.2, -0.15) is 4.31 Å². The maximum absolute atomic E-state index is 12.8. The van der Waals surface area contributed by atoms with Crippen molar-refractivity contribution in [1.29, 1.82) is 0 Å². The molecule has 0 spiro atoms. The highest BCUT2D eigenvalue weighted by molar-refractivity contribution is 9.10. The Bertz CT molecular complexity index is 575. The molecule has 3 N–H and O–H groups in total. The number of hydrazine groups is 1. The molecule has 1 aromatic rings. The normalized spacial score (nSPS) is 15.6. The largest absolute Gasteiger partial charge is 0.307 e. The number of aromatic nitrogens is 1. The molecule has 0 atom stereocenters. The van der Waals surface area contributed by atoms with Crippen LogP contribution in [0.2, 0.25) is 0 Å². The number of nitrogens with zero attached hydrogens (tertiary/aromatic N) is 2. The third kappa shape index (κ3) is 3.49. The number of rotatable bonds is 7. The molecule has 0 aliphatic heterocycles. The molecule has 0 bridgehead atoms. The summed E-state index contributed by atoms with van der Waals surface area (Å²) >= 11 is 3.26. The number of sulfonamides is 1. The van der Waals surface area contributed by atoms with E-state index in [2.05, 4.69) is 26.3 Å². The van der Waals surface area contributed by atoms with Gasteiger partial charge in [-0.1, -0.05) is 6.92 Å². The molecule has 0 unspecified atom stereocenters. The number of nitrogen functional groups attached to an aromatic ring is 1. The number of nitrogens with two attached hydrogens (primary N) is 1. The van der Waals surface area contributed by atoms with Gasteiger partial charge in [-0.15, -0.1) is 0 Å². The quantitative estimate of drug-likeness (QED) is 0.571. The minimum atomic E-state index is -3.59. The molecular weight excluding hydrogens is 344 g/mol.